The van der Waals surface area contributed by atoms with Crippen LogP contribution in [-0.4, -0.2) is 18.1 Å². The number of aliphatic imine (C=N–C) groups is 1. The molecule has 2 rings (SSSR count). The maximum absolute atomic E-state index is 6.59. The smallest absolute Gasteiger partial charge is 0.0677 e. The Morgan fingerprint density at radius 1 is 1.16 bits per heavy atom. The highest BCUT2D eigenvalue weighted by Gasteiger charge is 2.37. The molecule has 4 N–H and O–H groups in total. The van der Waals surface area contributed by atoms with Crippen LogP contribution in [0.1, 0.15) is 37.7 Å². The second-order valence-electron chi connectivity index (χ2n) is 5.21. The molecule has 1 heterocycles. The Hall–Kier alpha value is -0.900. The minimum absolute atomic E-state index is 0.213. The van der Waals surface area contributed by atoms with Gasteiger partial charge >= 0.3 is 0 Å². The van der Waals surface area contributed by atoms with E-state index in [0.717, 1.165) is 49.2 Å². The zero-order chi connectivity index (χ0) is 13.7. The monoisotopic (exact) mass is 279 g/mol. The molecule has 0 saturated heterocycles. The van der Waals surface area contributed by atoms with Gasteiger partial charge < -0.3 is 11.5 Å². The number of para-hydroxylation sites is 1. The number of benzene rings is 1. The van der Waals surface area contributed by atoms with Gasteiger partial charge in [0, 0.05) is 12.1 Å². The third-order valence-electron chi connectivity index (χ3n) is 3.85. The van der Waals surface area contributed by atoms with Gasteiger partial charge in [0.25, 0.3) is 0 Å². The van der Waals surface area contributed by atoms with Gasteiger partial charge in [0.1, 0.15) is 0 Å². The van der Waals surface area contributed by atoms with Crippen LogP contribution in [0.3, 0.4) is 0 Å². The Bertz CT molecular complexity index is 447. The van der Waals surface area contributed by atoms with E-state index in [9.17, 15) is 0 Å². The lowest BCUT2D eigenvalue weighted by molar-refractivity contribution is 0.363. The molecule has 104 valence electrons. The van der Waals surface area contributed by atoms with E-state index in [-0.39, 0.29) is 6.04 Å². The number of unbranched alkanes of at least 4 members (excludes halogenated alkanes) is 3. The number of hydrogen-bond acceptors (Lipinski definition) is 3. The summed E-state index contributed by atoms with van der Waals surface area (Å²) in [7, 11) is 0. The van der Waals surface area contributed by atoms with Crippen molar-refractivity contribution >= 4 is 23.5 Å². The molecular formula is C15H22ClN3. The van der Waals surface area contributed by atoms with E-state index in [4.69, 9.17) is 23.1 Å². The number of hydrogen-bond donors (Lipinski definition) is 2. The number of rotatable bonds is 6. The van der Waals surface area contributed by atoms with Gasteiger partial charge in [-0.1, -0.05) is 37.5 Å². The largest absolute Gasteiger partial charge is 0.321 e. The van der Waals surface area contributed by atoms with Gasteiger partial charge in [0.05, 0.1) is 17.3 Å². The van der Waals surface area contributed by atoms with Crippen LogP contribution in [0.25, 0.3) is 0 Å². The van der Waals surface area contributed by atoms with Crippen LogP contribution in [0, 0.1) is 0 Å². The topological polar surface area (TPSA) is 64.4 Å². The first-order chi connectivity index (χ1) is 9.18. The summed E-state index contributed by atoms with van der Waals surface area (Å²) in [5.74, 6) is 0.739. The third kappa shape index (κ3) is 3.16. The Labute approximate surface area is 120 Å². The molecule has 0 bridgehead atoms. The summed E-state index contributed by atoms with van der Waals surface area (Å²) in [5.41, 5.74) is 14.3. The minimum Gasteiger partial charge on any atom is -0.321 e. The molecule has 1 aliphatic heterocycles. The Morgan fingerprint density at radius 3 is 2.68 bits per heavy atom. The molecule has 0 aromatic heterocycles. The van der Waals surface area contributed by atoms with Crippen molar-refractivity contribution in [3.63, 3.8) is 0 Å². The lowest BCUT2D eigenvalue weighted by atomic mass is 9.78. The zero-order valence-electron chi connectivity index (χ0n) is 11.2. The van der Waals surface area contributed by atoms with Crippen LogP contribution in [0.2, 0.25) is 0 Å². The molecule has 2 unspecified atom stereocenters. The van der Waals surface area contributed by atoms with Crippen molar-refractivity contribution in [2.45, 2.75) is 43.7 Å². The standard InChI is InChI=1S/C15H22ClN3/c16-10-6-2-1-5-9-15(18)12-7-3-4-8-13(12)19-11-14(15)17/h3-4,7-8,11,14H,1-2,5-6,9-10,17-18H2. The number of alkyl halides is 1. The molecule has 0 fully saturated rings. The van der Waals surface area contributed by atoms with Gasteiger partial charge in [-0.2, -0.15) is 0 Å². The quantitative estimate of drug-likeness (QED) is 0.621. The van der Waals surface area contributed by atoms with Crippen LogP contribution in [0.15, 0.2) is 29.3 Å². The van der Waals surface area contributed by atoms with Crippen molar-refractivity contribution in [1.29, 1.82) is 0 Å². The normalized spacial score (nSPS) is 25.3. The van der Waals surface area contributed by atoms with Crippen LogP contribution in [0.5, 0.6) is 0 Å². The SMILES string of the molecule is NC1C=Nc2ccccc2C1(N)CCCCCCCl. The molecule has 1 aliphatic rings. The molecule has 0 amide bonds. The van der Waals surface area contributed by atoms with Crippen molar-refractivity contribution in [3.05, 3.63) is 29.8 Å². The fourth-order valence-corrected chi connectivity index (χ4v) is 2.81. The third-order valence-corrected chi connectivity index (χ3v) is 4.12. The Kier molecular flexibility index (Phi) is 4.97. The van der Waals surface area contributed by atoms with Crippen molar-refractivity contribution in [2.24, 2.45) is 16.5 Å². The van der Waals surface area contributed by atoms with Crippen molar-refractivity contribution in [3.8, 4) is 0 Å². The molecule has 0 saturated carbocycles. The average molecular weight is 280 g/mol. The lowest BCUT2D eigenvalue weighted by Crippen LogP contribution is -2.54. The second-order valence-corrected chi connectivity index (χ2v) is 5.59. The van der Waals surface area contributed by atoms with E-state index in [0.29, 0.717) is 0 Å². The zero-order valence-corrected chi connectivity index (χ0v) is 11.9. The first-order valence-electron chi connectivity index (χ1n) is 6.92. The minimum atomic E-state index is -0.487. The highest BCUT2D eigenvalue weighted by Crippen LogP contribution is 2.36. The van der Waals surface area contributed by atoms with E-state index in [1.165, 1.54) is 0 Å². The Morgan fingerprint density at radius 2 is 1.89 bits per heavy atom. The molecule has 0 aliphatic carbocycles. The van der Waals surface area contributed by atoms with Crippen LogP contribution >= 0.6 is 11.6 Å². The van der Waals surface area contributed by atoms with Crippen LogP contribution in [-0.2, 0) is 5.54 Å². The molecule has 4 heteroatoms. The predicted molar refractivity (Wildman–Crippen MR) is 82.2 cm³/mol. The summed E-state index contributed by atoms with van der Waals surface area (Å²) in [5, 5.41) is 0. The average Bonchev–Trinajstić information content (AvgIpc) is 2.43. The predicted octanol–water partition coefficient (Wildman–Crippen LogP) is 3.07. The molecule has 0 radical (unpaired) electrons. The number of nitrogens with two attached hydrogens (primary N) is 2. The summed E-state index contributed by atoms with van der Waals surface area (Å²) in [6.07, 6.45) is 7.12. The summed E-state index contributed by atoms with van der Waals surface area (Å²) < 4.78 is 0. The number of halogens is 1. The summed E-state index contributed by atoms with van der Waals surface area (Å²) in [4.78, 5) is 4.38. The van der Waals surface area contributed by atoms with Crippen LogP contribution in [0.4, 0.5) is 5.69 Å². The van der Waals surface area contributed by atoms with Gasteiger partial charge in [-0.05, 0) is 24.5 Å². The fourth-order valence-electron chi connectivity index (χ4n) is 2.62. The summed E-state index contributed by atoms with van der Waals surface area (Å²) in [6, 6.07) is 7.81. The van der Waals surface area contributed by atoms with E-state index < -0.39 is 5.54 Å². The van der Waals surface area contributed by atoms with E-state index in [2.05, 4.69) is 4.99 Å². The van der Waals surface area contributed by atoms with Crippen molar-refractivity contribution < 1.29 is 0 Å². The molecule has 0 spiro atoms. The van der Waals surface area contributed by atoms with Gasteiger partial charge in [0.15, 0.2) is 0 Å². The van der Waals surface area contributed by atoms with Crippen molar-refractivity contribution in [2.75, 3.05) is 5.88 Å². The number of fused-ring (bicyclic) bond motifs is 1. The lowest BCUT2D eigenvalue weighted by Gasteiger charge is -2.37. The molecule has 19 heavy (non-hydrogen) atoms. The maximum atomic E-state index is 6.59. The van der Waals surface area contributed by atoms with Crippen LogP contribution < -0.4 is 11.5 Å². The number of nitrogens with zero attached hydrogens (tertiary/aromatic N) is 1. The maximum Gasteiger partial charge on any atom is 0.0677 e. The molecular weight excluding hydrogens is 258 g/mol. The van der Waals surface area contributed by atoms with Gasteiger partial charge in [0.2, 0.25) is 0 Å². The van der Waals surface area contributed by atoms with Crippen molar-refractivity contribution in [1.82, 2.24) is 0 Å². The molecule has 3 nitrogen and oxygen atoms in total. The Balaban J connectivity index is 2.06. The fraction of sp³-hybridized carbons (Fsp3) is 0.533. The second kappa shape index (κ2) is 6.51. The molecule has 1 aromatic rings. The summed E-state index contributed by atoms with van der Waals surface area (Å²) >= 11 is 5.68. The first kappa shape index (κ1) is 14.5. The van der Waals surface area contributed by atoms with Gasteiger partial charge in [-0.3, -0.25) is 4.99 Å². The molecule has 2 atom stereocenters. The van der Waals surface area contributed by atoms with E-state index >= 15 is 0 Å². The molecule has 1 aromatic carbocycles. The van der Waals surface area contributed by atoms with E-state index in [1.807, 2.05) is 24.3 Å². The highest BCUT2D eigenvalue weighted by atomic mass is 35.5. The van der Waals surface area contributed by atoms with Gasteiger partial charge in [-0.15, -0.1) is 11.6 Å². The summed E-state index contributed by atoms with van der Waals surface area (Å²) in [6.45, 7) is 0. The first-order valence-corrected chi connectivity index (χ1v) is 7.46. The van der Waals surface area contributed by atoms with Gasteiger partial charge in [-0.25, -0.2) is 0 Å². The van der Waals surface area contributed by atoms with E-state index in [1.54, 1.807) is 6.21 Å². The highest BCUT2D eigenvalue weighted by molar-refractivity contribution is 6.17.